The van der Waals surface area contributed by atoms with Crippen LogP contribution in [0.3, 0.4) is 0 Å². The van der Waals surface area contributed by atoms with Crippen molar-refractivity contribution < 1.29 is 4.39 Å². The van der Waals surface area contributed by atoms with E-state index in [4.69, 9.17) is 0 Å². The Kier molecular flexibility index (Phi) is 4.84. The maximum absolute atomic E-state index is 13.6. The summed E-state index contributed by atoms with van der Waals surface area (Å²) >= 11 is 3.30. The number of rotatable bonds is 4. The van der Waals surface area contributed by atoms with Gasteiger partial charge in [-0.15, -0.1) is 0 Å². The van der Waals surface area contributed by atoms with Crippen LogP contribution in [0.5, 0.6) is 0 Å². The third kappa shape index (κ3) is 4.14. The average Bonchev–Trinajstić information content (AvgIpc) is 2.73. The van der Waals surface area contributed by atoms with E-state index < -0.39 is 0 Å². The van der Waals surface area contributed by atoms with Crippen molar-refractivity contribution >= 4 is 15.9 Å². The largest absolute Gasteiger partial charge is 0.308 e. The first-order valence-corrected chi connectivity index (χ1v) is 7.76. The second kappa shape index (κ2) is 6.28. The average molecular weight is 354 g/mol. The fourth-order valence-corrected chi connectivity index (χ4v) is 2.40. The number of halogens is 2. The van der Waals surface area contributed by atoms with E-state index in [1.54, 1.807) is 6.07 Å². The molecule has 0 fully saturated rings. The van der Waals surface area contributed by atoms with Crippen LogP contribution in [-0.4, -0.2) is 15.3 Å². The van der Waals surface area contributed by atoms with Crippen molar-refractivity contribution in [1.29, 1.82) is 0 Å². The molecule has 0 aliphatic rings. The van der Waals surface area contributed by atoms with Crippen LogP contribution in [0.4, 0.5) is 4.39 Å². The Bertz CT molecular complexity index is 629. The lowest BCUT2D eigenvalue weighted by molar-refractivity contribution is 0.423. The molecule has 1 aromatic heterocycles. The number of hydrogen-bond acceptors (Lipinski definition) is 2. The van der Waals surface area contributed by atoms with Gasteiger partial charge in [-0.1, -0.05) is 12.1 Å². The first-order valence-electron chi connectivity index (χ1n) is 6.97. The molecule has 0 unspecified atom stereocenters. The topological polar surface area (TPSA) is 29.9 Å². The molecule has 3 nitrogen and oxygen atoms in total. The fourth-order valence-electron chi connectivity index (χ4n) is 2.01. The molecule has 1 heterocycles. The smallest absolute Gasteiger partial charge is 0.137 e. The predicted molar refractivity (Wildman–Crippen MR) is 86.8 cm³/mol. The molecule has 5 heteroatoms. The molecule has 0 amide bonds. The van der Waals surface area contributed by atoms with Gasteiger partial charge >= 0.3 is 0 Å². The van der Waals surface area contributed by atoms with Crippen LogP contribution in [0.2, 0.25) is 0 Å². The highest BCUT2D eigenvalue weighted by atomic mass is 79.9. The Morgan fingerprint density at radius 2 is 2.00 bits per heavy atom. The van der Waals surface area contributed by atoms with Crippen LogP contribution in [0.1, 0.15) is 37.6 Å². The van der Waals surface area contributed by atoms with E-state index in [9.17, 15) is 4.39 Å². The highest BCUT2D eigenvalue weighted by Crippen LogP contribution is 2.22. The monoisotopic (exact) mass is 353 g/mol. The number of hydrogen-bond donors (Lipinski definition) is 1. The van der Waals surface area contributed by atoms with Crippen molar-refractivity contribution in [3.05, 3.63) is 51.5 Å². The van der Waals surface area contributed by atoms with Crippen molar-refractivity contribution in [2.45, 2.75) is 46.3 Å². The minimum atomic E-state index is -0.244. The Morgan fingerprint density at radius 3 is 2.67 bits per heavy atom. The number of benzene rings is 1. The predicted octanol–water partition coefficient (Wildman–Crippen LogP) is 4.03. The van der Waals surface area contributed by atoms with Crippen LogP contribution in [-0.2, 0) is 13.1 Å². The number of nitrogens with zero attached hydrogens (tertiary/aromatic N) is 2. The zero-order valence-electron chi connectivity index (χ0n) is 12.9. The van der Waals surface area contributed by atoms with E-state index in [2.05, 4.69) is 47.1 Å². The van der Waals surface area contributed by atoms with E-state index in [0.717, 1.165) is 23.4 Å². The zero-order chi connectivity index (χ0) is 15.6. The number of nitrogens with one attached hydrogen (secondary N) is 1. The van der Waals surface area contributed by atoms with E-state index >= 15 is 0 Å². The van der Waals surface area contributed by atoms with Crippen molar-refractivity contribution in [1.82, 2.24) is 15.1 Å². The molecule has 0 aliphatic carbocycles. The molecule has 21 heavy (non-hydrogen) atoms. The van der Waals surface area contributed by atoms with Crippen LogP contribution in [0.25, 0.3) is 0 Å². The summed E-state index contributed by atoms with van der Waals surface area (Å²) in [5, 5.41) is 7.87. The lowest BCUT2D eigenvalue weighted by Gasteiger charge is -2.20. The van der Waals surface area contributed by atoms with Gasteiger partial charge in [-0.2, -0.15) is 5.10 Å². The van der Waals surface area contributed by atoms with Gasteiger partial charge in [0.1, 0.15) is 5.82 Å². The first kappa shape index (κ1) is 16.2. The molecule has 0 spiro atoms. The molecule has 2 rings (SSSR count). The summed E-state index contributed by atoms with van der Waals surface area (Å²) in [6.45, 7) is 9.78. The standard InChI is InChI=1S/C16H21BrFN3/c1-11-13(8-19-16(2,3)4)9-20-21(11)10-12-6-5-7-14(18)15(12)17/h5-7,9,19H,8,10H2,1-4H3. The molecular weight excluding hydrogens is 333 g/mol. The maximum Gasteiger partial charge on any atom is 0.137 e. The number of aromatic nitrogens is 2. The summed E-state index contributed by atoms with van der Waals surface area (Å²) in [4.78, 5) is 0. The molecule has 0 saturated heterocycles. The molecule has 2 aromatic rings. The van der Waals surface area contributed by atoms with Gasteiger partial charge in [0, 0.05) is 23.3 Å². The van der Waals surface area contributed by atoms with Crippen LogP contribution in [0, 0.1) is 12.7 Å². The molecule has 1 aromatic carbocycles. The summed E-state index contributed by atoms with van der Waals surface area (Å²) < 4.78 is 16.0. The van der Waals surface area contributed by atoms with Crippen molar-refractivity contribution in [3.8, 4) is 0 Å². The maximum atomic E-state index is 13.6. The van der Waals surface area contributed by atoms with E-state index in [0.29, 0.717) is 11.0 Å². The molecule has 0 bridgehead atoms. The molecular formula is C16H21BrFN3. The molecule has 0 aliphatic heterocycles. The van der Waals surface area contributed by atoms with Gasteiger partial charge in [0.05, 0.1) is 17.2 Å². The SMILES string of the molecule is Cc1c(CNC(C)(C)C)cnn1Cc1cccc(F)c1Br. The van der Waals surface area contributed by atoms with Crippen molar-refractivity contribution in [2.24, 2.45) is 0 Å². The van der Waals surface area contributed by atoms with Crippen LogP contribution >= 0.6 is 15.9 Å². The minimum absolute atomic E-state index is 0.0696. The van der Waals surface area contributed by atoms with Crippen LogP contribution < -0.4 is 5.32 Å². The van der Waals surface area contributed by atoms with Gasteiger partial charge in [0.25, 0.3) is 0 Å². The van der Waals surface area contributed by atoms with Gasteiger partial charge in [-0.05, 0) is 55.3 Å². The van der Waals surface area contributed by atoms with E-state index in [1.165, 1.54) is 6.07 Å². The quantitative estimate of drug-likeness (QED) is 0.899. The zero-order valence-corrected chi connectivity index (χ0v) is 14.5. The second-order valence-electron chi connectivity index (χ2n) is 6.23. The lowest BCUT2D eigenvalue weighted by atomic mass is 10.1. The molecule has 0 radical (unpaired) electrons. The Balaban J connectivity index is 2.15. The summed E-state index contributed by atoms with van der Waals surface area (Å²) in [6, 6.07) is 5.07. The molecule has 1 N–H and O–H groups in total. The van der Waals surface area contributed by atoms with E-state index in [1.807, 2.05) is 23.9 Å². The Labute approximate surface area is 133 Å². The third-order valence-corrected chi connectivity index (χ3v) is 4.25. The van der Waals surface area contributed by atoms with Gasteiger partial charge in [-0.25, -0.2) is 4.39 Å². The Hall–Kier alpha value is -1.20. The first-order chi connectivity index (χ1) is 9.78. The molecule has 114 valence electrons. The van der Waals surface area contributed by atoms with Gasteiger partial charge in [0.2, 0.25) is 0 Å². The van der Waals surface area contributed by atoms with Crippen molar-refractivity contribution in [3.63, 3.8) is 0 Å². The highest BCUT2D eigenvalue weighted by molar-refractivity contribution is 9.10. The lowest BCUT2D eigenvalue weighted by Crippen LogP contribution is -2.35. The normalized spacial score (nSPS) is 11.9. The minimum Gasteiger partial charge on any atom is -0.308 e. The van der Waals surface area contributed by atoms with Gasteiger partial charge < -0.3 is 5.32 Å². The fraction of sp³-hybridized carbons (Fsp3) is 0.438. The molecule has 0 saturated carbocycles. The van der Waals surface area contributed by atoms with Crippen molar-refractivity contribution in [2.75, 3.05) is 0 Å². The second-order valence-corrected chi connectivity index (χ2v) is 7.02. The summed E-state index contributed by atoms with van der Waals surface area (Å²) in [6.07, 6.45) is 1.88. The van der Waals surface area contributed by atoms with Gasteiger partial charge in [0.15, 0.2) is 0 Å². The third-order valence-electron chi connectivity index (χ3n) is 3.37. The molecule has 0 atom stereocenters. The van der Waals surface area contributed by atoms with Gasteiger partial charge in [-0.3, -0.25) is 4.68 Å². The van der Waals surface area contributed by atoms with Crippen LogP contribution in [0.15, 0.2) is 28.9 Å². The Morgan fingerprint density at radius 1 is 1.29 bits per heavy atom. The summed E-state index contributed by atoms with van der Waals surface area (Å²) in [7, 11) is 0. The van der Waals surface area contributed by atoms with E-state index in [-0.39, 0.29) is 11.4 Å². The highest BCUT2D eigenvalue weighted by Gasteiger charge is 2.13. The summed E-state index contributed by atoms with van der Waals surface area (Å²) in [5.74, 6) is -0.244. The summed E-state index contributed by atoms with van der Waals surface area (Å²) in [5.41, 5.74) is 3.22.